The van der Waals surface area contributed by atoms with Gasteiger partial charge in [-0.25, -0.2) is 0 Å². The third kappa shape index (κ3) is 7.87. The maximum atomic E-state index is 3.02. The second-order valence-corrected chi connectivity index (χ2v) is 21.0. The zero-order chi connectivity index (χ0) is 33.8. The highest BCUT2D eigenvalue weighted by Crippen LogP contribution is 2.61. The SMILES string of the molecule is CCCCN1CCC2C(C1)C1CCCCC1CCCCC13CCCCCC(C4CCCCC4C4CCCCC24)C2CCCCC2C1CCCC3. The molecule has 13 unspecified atom stereocenters. The fraction of sp³-hybridized carbons (Fsp3) is 1.00. The molecule has 8 fully saturated rings. The summed E-state index contributed by atoms with van der Waals surface area (Å²) in [4.78, 5) is 3.02. The lowest BCUT2D eigenvalue weighted by Gasteiger charge is -2.56. The van der Waals surface area contributed by atoms with Crippen molar-refractivity contribution in [1.29, 1.82) is 0 Å². The maximum Gasteiger partial charge on any atom is 0.00152 e. The molecule has 7 saturated carbocycles. The van der Waals surface area contributed by atoms with Crippen LogP contribution in [-0.4, -0.2) is 24.5 Å². The Labute approximate surface area is 312 Å². The van der Waals surface area contributed by atoms with Crippen molar-refractivity contribution < 1.29 is 0 Å². The molecule has 0 spiro atoms. The summed E-state index contributed by atoms with van der Waals surface area (Å²) in [7, 11) is 0. The highest BCUT2D eigenvalue weighted by atomic mass is 15.1. The van der Waals surface area contributed by atoms with Gasteiger partial charge in [-0.15, -0.1) is 0 Å². The van der Waals surface area contributed by atoms with Crippen LogP contribution >= 0.6 is 0 Å². The Kier molecular flexibility index (Phi) is 13.0. The van der Waals surface area contributed by atoms with E-state index in [0.29, 0.717) is 0 Å². The van der Waals surface area contributed by atoms with Gasteiger partial charge in [-0.1, -0.05) is 122 Å². The minimum Gasteiger partial charge on any atom is -0.303 e. The number of piperidine rings is 1. The molecule has 1 heteroatoms. The predicted molar refractivity (Wildman–Crippen MR) is 214 cm³/mol. The zero-order valence-electron chi connectivity index (χ0n) is 33.6. The number of likely N-dealkylation sites (tertiary alicyclic amines) is 1. The van der Waals surface area contributed by atoms with Gasteiger partial charge in [0.05, 0.1) is 0 Å². The Morgan fingerprint density at radius 1 is 0.400 bits per heavy atom. The van der Waals surface area contributed by atoms with E-state index in [1.54, 1.807) is 193 Å². The molecule has 8 rings (SSSR count). The lowest BCUT2D eigenvalue weighted by Crippen LogP contribution is -2.51. The van der Waals surface area contributed by atoms with Gasteiger partial charge in [0.2, 0.25) is 0 Å². The molecule has 1 saturated heterocycles. The van der Waals surface area contributed by atoms with Crippen LogP contribution in [0.15, 0.2) is 0 Å². The summed E-state index contributed by atoms with van der Waals surface area (Å²) in [6.45, 7) is 6.74. The smallest absolute Gasteiger partial charge is 0.00152 e. The largest absolute Gasteiger partial charge is 0.303 e. The summed E-state index contributed by atoms with van der Waals surface area (Å²) in [5, 5.41) is 0. The maximum absolute atomic E-state index is 3.02. The van der Waals surface area contributed by atoms with Gasteiger partial charge in [-0.3, -0.25) is 0 Å². The van der Waals surface area contributed by atoms with E-state index in [1.807, 2.05) is 0 Å². The summed E-state index contributed by atoms with van der Waals surface area (Å²) < 4.78 is 0. The molecule has 8 aliphatic rings. The highest BCUT2D eigenvalue weighted by Gasteiger charge is 2.52. The first-order valence-corrected chi connectivity index (χ1v) is 24.5. The van der Waals surface area contributed by atoms with Gasteiger partial charge in [0, 0.05) is 6.54 Å². The fourth-order valence-electron chi connectivity index (χ4n) is 16.9. The number of nitrogens with zero attached hydrogens (tertiary/aromatic N) is 1. The molecule has 2 bridgehead atoms. The molecule has 0 aromatic carbocycles. The quantitative estimate of drug-likeness (QED) is 0.285. The Hall–Kier alpha value is -0.0400. The van der Waals surface area contributed by atoms with Crippen LogP contribution in [0.2, 0.25) is 0 Å². The van der Waals surface area contributed by atoms with E-state index in [4.69, 9.17) is 0 Å². The van der Waals surface area contributed by atoms with Crippen molar-refractivity contribution in [3.63, 3.8) is 0 Å². The van der Waals surface area contributed by atoms with E-state index in [9.17, 15) is 0 Å². The summed E-state index contributed by atoms with van der Waals surface area (Å²) >= 11 is 0. The Balaban J connectivity index is 1.18. The fourth-order valence-corrected chi connectivity index (χ4v) is 16.9. The van der Waals surface area contributed by atoms with Crippen LogP contribution in [0.5, 0.6) is 0 Å². The molecule has 13 atom stereocenters. The zero-order valence-corrected chi connectivity index (χ0v) is 33.6. The molecule has 7 aliphatic carbocycles. The number of fused-ring (bicyclic) bond motifs is 8. The van der Waals surface area contributed by atoms with Gasteiger partial charge in [0.1, 0.15) is 0 Å². The van der Waals surface area contributed by atoms with Crippen LogP contribution in [0.3, 0.4) is 0 Å². The first-order chi connectivity index (χ1) is 24.8. The van der Waals surface area contributed by atoms with Crippen LogP contribution in [0.1, 0.15) is 212 Å². The third-order valence-electron chi connectivity index (χ3n) is 18.9. The second-order valence-electron chi connectivity index (χ2n) is 21.0. The van der Waals surface area contributed by atoms with Gasteiger partial charge >= 0.3 is 0 Å². The van der Waals surface area contributed by atoms with Gasteiger partial charge in [0.25, 0.3) is 0 Å². The number of unbranched alkanes of at least 4 members (excludes halogenated alkanes) is 1. The summed E-state index contributed by atoms with van der Waals surface area (Å²) in [5.41, 5.74) is 0.717. The number of hydrogen-bond acceptors (Lipinski definition) is 1. The summed E-state index contributed by atoms with van der Waals surface area (Å²) in [5.74, 6) is 12.8. The molecular weight excluding hydrogens is 603 g/mol. The molecule has 50 heavy (non-hydrogen) atoms. The average Bonchev–Trinajstić information content (AvgIpc) is 3.17. The summed E-state index contributed by atoms with van der Waals surface area (Å²) in [6, 6.07) is 0. The van der Waals surface area contributed by atoms with Crippen LogP contribution in [-0.2, 0) is 0 Å². The number of rotatable bonds is 3. The summed E-state index contributed by atoms with van der Waals surface area (Å²) in [6.07, 6.45) is 50.5. The first kappa shape index (κ1) is 36.9. The molecule has 0 amide bonds. The van der Waals surface area contributed by atoms with Gasteiger partial charge < -0.3 is 4.90 Å². The van der Waals surface area contributed by atoms with Crippen molar-refractivity contribution in [1.82, 2.24) is 4.90 Å². The van der Waals surface area contributed by atoms with E-state index in [0.717, 1.165) is 76.4 Å². The van der Waals surface area contributed by atoms with Crippen LogP contribution < -0.4 is 0 Å². The molecule has 0 N–H and O–H groups in total. The molecule has 1 heterocycles. The normalized spacial score (nSPS) is 47.0. The number of hydrogen-bond donors (Lipinski definition) is 0. The van der Waals surface area contributed by atoms with E-state index in [1.165, 1.54) is 32.5 Å². The van der Waals surface area contributed by atoms with Crippen molar-refractivity contribution in [3.8, 4) is 0 Å². The molecular formula is C49H85N. The molecule has 0 radical (unpaired) electrons. The standard InChI is InChI=1S/C49H85N/c1-2-3-34-50-35-30-45-43-26-11-10-25-41(43)39-23-8-9-24-40(39)42-22-5-4-16-31-49(33-18-15-29-48(49)46-28-13-12-27-44(42)46)32-17-14-20-37-19-6-7-21-38(37)47(45)36-50/h37-48H,2-36H2,1H3. The predicted octanol–water partition coefficient (Wildman–Crippen LogP) is 14.3. The minimum absolute atomic E-state index is 0.717. The molecule has 1 aliphatic heterocycles. The molecule has 286 valence electrons. The molecule has 1 nitrogen and oxygen atoms in total. The van der Waals surface area contributed by atoms with Crippen molar-refractivity contribution in [2.45, 2.75) is 212 Å². The van der Waals surface area contributed by atoms with Gasteiger partial charge in [-0.05, 0) is 179 Å². The molecule has 0 aromatic rings. The van der Waals surface area contributed by atoms with Crippen LogP contribution in [0, 0.1) is 76.4 Å². The second kappa shape index (κ2) is 17.6. The van der Waals surface area contributed by atoms with Crippen LogP contribution in [0.25, 0.3) is 0 Å². The van der Waals surface area contributed by atoms with Crippen molar-refractivity contribution in [2.75, 3.05) is 19.6 Å². The average molecular weight is 688 g/mol. The lowest BCUT2D eigenvalue weighted by molar-refractivity contribution is -0.0676. The first-order valence-electron chi connectivity index (χ1n) is 24.5. The highest BCUT2D eigenvalue weighted by molar-refractivity contribution is 5.02. The van der Waals surface area contributed by atoms with E-state index < -0.39 is 0 Å². The van der Waals surface area contributed by atoms with Crippen molar-refractivity contribution >= 4 is 0 Å². The molecule has 0 aromatic heterocycles. The Morgan fingerprint density at radius 2 is 0.820 bits per heavy atom. The van der Waals surface area contributed by atoms with Gasteiger partial charge in [-0.2, -0.15) is 0 Å². The monoisotopic (exact) mass is 688 g/mol. The van der Waals surface area contributed by atoms with E-state index in [-0.39, 0.29) is 0 Å². The Morgan fingerprint density at radius 3 is 1.40 bits per heavy atom. The van der Waals surface area contributed by atoms with Crippen molar-refractivity contribution in [2.24, 2.45) is 76.4 Å². The topological polar surface area (TPSA) is 3.24 Å². The minimum atomic E-state index is 0.717. The lowest BCUT2D eigenvalue weighted by atomic mass is 9.49. The third-order valence-corrected chi connectivity index (χ3v) is 18.9. The van der Waals surface area contributed by atoms with E-state index >= 15 is 0 Å². The van der Waals surface area contributed by atoms with E-state index in [2.05, 4.69) is 11.8 Å². The van der Waals surface area contributed by atoms with Gasteiger partial charge in [0.15, 0.2) is 0 Å². The van der Waals surface area contributed by atoms with Crippen molar-refractivity contribution in [3.05, 3.63) is 0 Å². The van der Waals surface area contributed by atoms with Crippen LogP contribution in [0.4, 0.5) is 0 Å². The Bertz CT molecular complexity index is 1020.